The highest BCUT2D eigenvalue weighted by Crippen LogP contribution is 2.40. The van der Waals surface area contributed by atoms with Crippen molar-refractivity contribution in [3.05, 3.63) is 53.1 Å². The second kappa shape index (κ2) is 6.95. The highest BCUT2D eigenvalue weighted by Gasteiger charge is 2.26. The van der Waals surface area contributed by atoms with E-state index >= 15 is 0 Å². The van der Waals surface area contributed by atoms with Crippen molar-refractivity contribution in [2.75, 3.05) is 5.43 Å². The summed E-state index contributed by atoms with van der Waals surface area (Å²) < 4.78 is 0. The summed E-state index contributed by atoms with van der Waals surface area (Å²) in [6.07, 6.45) is 8.16. The zero-order valence-electron chi connectivity index (χ0n) is 14.5. The van der Waals surface area contributed by atoms with Gasteiger partial charge in [-0.2, -0.15) is 5.10 Å². The van der Waals surface area contributed by atoms with Gasteiger partial charge in [0.1, 0.15) is 0 Å². The van der Waals surface area contributed by atoms with Gasteiger partial charge in [-0.25, -0.2) is 0 Å². The largest absolute Gasteiger partial charge is 0.278 e. The van der Waals surface area contributed by atoms with E-state index < -0.39 is 0 Å². The van der Waals surface area contributed by atoms with Crippen molar-refractivity contribution < 1.29 is 0 Å². The molecule has 1 aliphatic carbocycles. The Bertz CT molecular complexity index is 601. The van der Waals surface area contributed by atoms with Crippen LogP contribution in [0.15, 0.2) is 52.7 Å². The van der Waals surface area contributed by atoms with E-state index in [0.29, 0.717) is 0 Å². The van der Waals surface area contributed by atoms with Crippen LogP contribution in [0.1, 0.15) is 52.5 Å². The average molecular weight is 296 g/mol. The predicted octanol–water partition coefficient (Wildman–Crippen LogP) is 5.87. The maximum atomic E-state index is 4.44. The van der Waals surface area contributed by atoms with Crippen LogP contribution in [0.4, 0.5) is 5.69 Å². The molecule has 1 aromatic rings. The monoisotopic (exact) mass is 296 g/mol. The molecule has 2 nitrogen and oxygen atoms in total. The van der Waals surface area contributed by atoms with E-state index in [2.05, 4.69) is 62.5 Å². The summed E-state index contributed by atoms with van der Waals surface area (Å²) in [5, 5.41) is 4.44. The number of hydrazone groups is 1. The van der Waals surface area contributed by atoms with Gasteiger partial charge in [-0.05, 0) is 69.2 Å². The number of benzene rings is 1. The Labute approximate surface area is 135 Å². The first kappa shape index (κ1) is 16.5. The molecular formula is C20H28N2. The van der Waals surface area contributed by atoms with Gasteiger partial charge in [-0.3, -0.25) is 5.43 Å². The SMILES string of the molecule is CC1=C(/C=C/C(C)=N/Nc2ccc(C)cc2)C(C)(C)CCC1. The zero-order valence-corrected chi connectivity index (χ0v) is 14.5. The summed E-state index contributed by atoms with van der Waals surface area (Å²) in [5.74, 6) is 0. The normalized spacial score (nSPS) is 18.9. The van der Waals surface area contributed by atoms with Crippen molar-refractivity contribution in [1.82, 2.24) is 0 Å². The third-order valence-electron chi connectivity index (χ3n) is 4.45. The number of nitrogens with one attached hydrogen (secondary N) is 1. The van der Waals surface area contributed by atoms with Crippen molar-refractivity contribution >= 4 is 11.4 Å². The maximum absolute atomic E-state index is 4.44. The Morgan fingerprint density at radius 3 is 2.50 bits per heavy atom. The van der Waals surface area contributed by atoms with Gasteiger partial charge < -0.3 is 0 Å². The first-order valence-electron chi connectivity index (χ1n) is 8.14. The molecule has 0 amide bonds. The summed E-state index contributed by atoms with van der Waals surface area (Å²) in [5.41, 5.74) is 9.65. The molecule has 22 heavy (non-hydrogen) atoms. The van der Waals surface area contributed by atoms with Gasteiger partial charge in [-0.15, -0.1) is 0 Å². The Balaban J connectivity index is 2.05. The first-order chi connectivity index (χ1) is 10.4. The van der Waals surface area contributed by atoms with E-state index in [-0.39, 0.29) is 5.41 Å². The van der Waals surface area contributed by atoms with Crippen molar-refractivity contribution in [3.8, 4) is 0 Å². The lowest BCUT2D eigenvalue weighted by Gasteiger charge is -2.32. The number of anilines is 1. The number of nitrogens with zero attached hydrogens (tertiary/aromatic N) is 1. The highest BCUT2D eigenvalue weighted by molar-refractivity contribution is 5.93. The topological polar surface area (TPSA) is 24.4 Å². The molecule has 2 heteroatoms. The van der Waals surface area contributed by atoms with Crippen LogP contribution in [0.3, 0.4) is 0 Å². The molecule has 2 rings (SSSR count). The van der Waals surface area contributed by atoms with Crippen molar-refractivity contribution in [1.29, 1.82) is 0 Å². The van der Waals surface area contributed by atoms with Crippen molar-refractivity contribution in [2.45, 2.75) is 53.9 Å². The molecule has 0 radical (unpaired) electrons. The Morgan fingerprint density at radius 2 is 1.86 bits per heavy atom. The van der Waals surface area contributed by atoms with Gasteiger partial charge >= 0.3 is 0 Å². The van der Waals surface area contributed by atoms with Crippen LogP contribution in [0.25, 0.3) is 0 Å². The molecule has 0 fully saturated rings. The van der Waals surface area contributed by atoms with E-state index in [0.717, 1.165) is 11.4 Å². The number of rotatable bonds is 4. The van der Waals surface area contributed by atoms with E-state index in [1.807, 2.05) is 19.1 Å². The van der Waals surface area contributed by atoms with Crippen molar-refractivity contribution in [2.24, 2.45) is 10.5 Å². The number of aryl methyl sites for hydroxylation is 1. The van der Waals surface area contributed by atoms with Gasteiger partial charge in [0.2, 0.25) is 0 Å². The lowest BCUT2D eigenvalue weighted by Crippen LogP contribution is -2.19. The fourth-order valence-electron chi connectivity index (χ4n) is 3.03. The molecule has 1 aromatic carbocycles. The standard InChI is InChI=1S/C20H28N2/c1-15-8-11-18(12-9-15)22-21-17(3)10-13-19-16(2)7-6-14-20(19,4)5/h8-13,22H,6-7,14H2,1-5H3/b13-10+,21-17+. The van der Waals surface area contributed by atoms with Crippen LogP contribution in [-0.4, -0.2) is 5.71 Å². The third-order valence-corrected chi connectivity index (χ3v) is 4.45. The molecule has 0 bridgehead atoms. The van der Waals surface area contributed by atoms with Gasteiger partial charge in [0.15, 0.2) is 0 Å². The van der Waals surface area contributed by atoms with E-state index in [1.165, 1.54) is 36.0 Å². The lowest BCUT2D eigenvalue weighted by atomic mass is 9.72. The zero-order chi connectivity index (χ0) is 16.2. The Morgan fingerprint density at radius 1 is 1.18 bits per heavy atom. The quantitative estimate of drug-likeness (QED) is 0.545. The van der Waals surface area contributed by atoms with Crippen LogP contribution >= 0.6 is 0 Å². The first-order valence-corrected chi connectivity index (χ1v) is 8.14. The molecule has 0 aliphatic heterocycles. The molecule has 1 N–H and O–H groups in total. The predicted molar refractivity (Wildman–Crippen MR) is 97.4 cm³/mol. The molecule has 0 saturated carbocycles. The van der Waals surface area contributed by atoms with Crippen LogP contribution in [-0.2, 0) is 0 Å². The number of allylic oxidation sites excluding steroid dienone is 4. The summed E-state index contributed by atoms with van der Waals surface area (Å²) in [6.45, 7) is 11.1. The highest BCUT2D eigenvalue weighted by atomic mass is 15.3. The number of hydrogen-bond acceptors (Lipinski definition) is 2. The van der Waals surface area contributed by atoms with E-state index in [4.69, 9.17) is 0 Å². The van der Waals surface area contributed by atoms with Crippen LogP contribution in [0.2, 0.25) is 0 Å². The van der Waals surface area contributed by atoms with Gasteiger partial charge in [-0.1, -0.05) is 43.2 Å². The summed E-state index contributed by atoms with van der Waals surface area (Å²) >= 11 is 0. The third kappa shape index (κ3) is 4.33. The van der Waals surface area contributed by atoms with Gasteiger partial charge in [0.05, 0.1) is 11.4 Å². The average Bonchev–Trinajstić information content (AvgIpc) is 2.45. The molecule has 118 valence electrons. The Hall–Kier alpha value is -1.83. The minimum Gasteiger partial charge on any atom is -0.278 e. The molecule has 0 saturated heterocycles. The fraction of sp³-hybridized carbons (Fsp3) is 0.450. The molecule has 0 atom stereocenters. The summed E-state index contributed by atoms with van der Waals surface area (Å²) in [7, 11) is 0. The van der Waals surface area contributed by atoms with Crippen LogP contribution in [0, 0.1) is 12.3 Å². The molecule has 1 aliphatic rings. The van der Waals surface area contributed by atoms with E-state index in [9.17, 15) is 0 Å². The molecular weight excluding hydrogens is 268 g/mol. The van der Waals surface area contributed by atoms with Crippen LogP contribution < -0.4 is 5.43 Å². The molecule has 0 spiro atoms. The van der Waals surface area contributed by atoms with Gasteiger partial charge in [0, 0.05) is 0 Å². The molecule has 0 unspecified atom stereocenters. The second-order valence-corrected chi connectivity index (χ2v) is 7.00. The summed E-state index contributed by atoms with van der Waals surface area (Å²) in [6, 6.07) is 8.27. The minimum absolute atomic E-state index is 0.281. The fourth-order valence-corrected chi connectivity index (χ4v) is 3.03. The molecule has 0 aromatic heterocycles. The number of hydrogen-bond donors (Lipinski definition) is 1. The van der Waals surface area contributed by atoms with Crippen LogP contribution in [0.5, 0.6) is 0 Å². The smallest absolute Gasteiger partial charge is 0.0576 e. The maximum Gasteiger partial charge on any atom is 0.0576 e. The van der Waals surface area contributed by atoms with E-state index in [1.54, 1.807) is 0 Å². The summed E-state index contributed by atoms with van der Waals surface area (Å²) in [4.78, 5) is 0. The van der Waals surface area contributed by atoms with Gasteiger partial charge in [0.25, 0.3) is 0 Å². The molecule has 0 heterocycles. The Kier molecular flexibility index (Phi) is 5.23. The minimum atomic E-state index is 0.281. The van der Waals surface area contributed by atoms with Crippen molar-refractivity contribution in [3.63, 3.8) is 0 Å². The second-order valence-electron chi connectivity index (χ2n) is 7.00. The lowest BCUT2D eigenvalue weighted by molar-refractivity contribution is 0.377.